The third-order valence-corrected chi connectivity index (χ3v) is 4.10. The number of nitrogens with zero attached hydrogens (tertiary/aromatic N) is 1. The van der Waals surface area contributed by atoms with Crippen LogP contribution in [-0.4, -0.2) is 11.5 Å². The molecule has 1 heterocycles. The first-order valence-corrected chi connectivity index (χ1v) is 7.32. The lowest BCUT2D eigenvalue weighted by molar-refractivity contribution is 0.681. The Morgan fingerprint density at radius 2 is 2.29 bits per heavy atom. The largest absolute Gasteiger partial charge is 0.312 e. The van der Waals surface area contributed by atoms with Gasteiger partial charge in [-0.15, -0.1) is 11.3 Å². The van der Waals surface area contributed by atoms with Crippen LogP contribution in [0.25, 0.3) is 0 Å². The van der Waals surface area contributed by atoms with E-state index in [1.807, 2.05) is 5.51 Å². The van der Waals surface area contributed by atoms with Gasteiger partial charge in [-0.1, -0.05) is 28.1 Å². The van der Waals surface area contributed by atoms with Gasteiger partial charge in [-0.2, -0.15) is 0 Å². The van der Waals surface area contributed by atoms with Gasteiger partial charge in [0.2, 0.25) is 0 Å². The number of benzene rings is 1. The van der Waals surface area contributed by atoms with Crippen LogP contribution >= 0.6 is 27.3 Å². The van der Waals surface area contributed by atoms with E-state index < -0.39 is 0 Å². The van der Waals surface area contributed by atoms with Crippen molar-refractivity contribution >= 4 is 27.3 Å². The zero-order chi connectivity index (χ0) is 12.1. The maximum atomic E-state index is 4.26. The molecule has 0 aliphatic rings. The highest BCUT2D eigenvalue weighted by molar-refractivity contribution is 9.10. The van der Waals surface area contributed by atoms with Gasteiger partial charge < -0.3 is 5.32 Å². The first-order chi connectivity index (χ1) is 8.25. The standard InChI is InChI=1S/C13H15BrN2S/c1-10-2-3-11(6-13(10)14)7-15-5-4-12-8-17-9-16-12/h2-3,6,8-9,15H,4-5,7H2,1H3. The van der Waals surface area contributed by atoms with E-state index in [0.717, 1.165) is 19.5 Å². The number of aryl methyl sites for hydroxylation is 1. The molecule has 0 unspecified atom stereocenters. The number of thiazole rings is 1. The summed E-state index contributed by atoms with van der Waals surface area (Å²) in [4.78, 5) is 4.26. The van der Waals surface area contributed by atoms with E-state index in [1.165, 1.54) is 21.3 Å². The molecular weight excluding hydrogens is 296 g/mol. The van der Waals surface area contributed by atoms with Crippen LogP contribution in [0.1, 0.15) is 16.8 Å². The molecule has 0 fully saturated rings. The zero-order valence-corrected chi connectivity index (χ0v) is 12.1. The first kappa shape index (κ1) is 12.7. The summed E-state index contributed by atoms with van der Waals surface area (Å²) in [6.45, 7) is 3.97. The van der Waals surface area contributed by atoms with Crippen molar-refractivity contribution in [2.24, 2.45) is 0 Å². The molecule has 90 valence electrons. The number of rotatable bonds is 5. The van der Waals surface area contributed by atoms with Crippen LogP contribution < -0.4 is 5.32 Å². The van der Waals surface area contributed by atoms with Gasteiger partial charge in [0.15, 0.2) is 0 Å². The first-order valence-electron chi connectivity index (χ1n) is 5.58. The van der Waals surface area contributed by atoms with Crippen LogP contribution in [0, 0.1) is 6.92 Å². The predicted octanol–water partition coefficient (Wildman–Crippen LogP) is 3.55. The third kappa shape index (κ3) is 3.91. The van der Waals surface area contributed by atoms with Crippen molar-refractivity contribution in [3.8, 4) is 0 Å². The highest BCUT2D eigenvalue weighted by Gasteiger charge is 1.98. The predicted molar refractivity (Wildman–Crippen MR) is 76.4 cm³/mol. The molecule has 0 amide bonds. The van der Waals surface area contributed by atoms with Gasteiger partial charge >= 0.3 is 0 Å². The summed E-state index contributed by atoms with van der Waals surface area (Å²) in [5.41, 5.74) is 5.64. The SMILES string of the molecule is Cc1ccc(CNCCc2cscn2)cc1Br. The summed E-state index contributed by atoms with van der Waals surface area (Å²) in [6.07, 6.45) is 0.997. The molecule has 2 aromatic rings. The van der Waals surface area contributed by atoms with Crippen molar-refractivity contribution in [2.45, 2.75) is 19.9 Å². The summed E-state index contributed by atoms with van der Waals surface area (Å²) in [5, 5.41) is 5.53. The van der Waals surface area contributed by atoms with Crippen molar-refractivity contribution in [1.29, 1.82) is 0 Å². The highest BCUT2D eigenvalue weighted by Crippen LogP contribution is 2.17. The Morgan fingerprint density at radius 1 is 1.41 bits per heavy atom. The fourth-order valence-electron chi connectivity index (χ4n) is 1.56. The van der Waals surface area contributed by atoms with Gasteiger partial charge in [0.05, 0.1) is 11.2 Å². The van der Waals surface area contributed by atoms with Gasteiger partial charge in [0.25, 0.3) is 0 Å². The van der Waals surface area contributed by atoms with Crippen molar-refractivity contribution in [3.63, 3.8) is 0 Å². The number of hydrogen-bond acceptors (Lipinski definition) is 3. The normalized spacial score (nSPS) is 10.7. The molecule has 0 spiro atoms. The molecule has 0 saturated heterocycles. The van der Waals surface area contributed by atoms with Gasteiger partial charge in [-0.25, -0.2) is 4.98 Å². The summed E-state index contributed by atoms with van der Waals surface area (Å²) >= 11 is 5.20. The van der Waals surface area contributed by atoms with Crippen LogP contribution in [0.3, 0.4) is 0 Å². The maximum Gasteiger partial charge on any atom is 0.0794 e. The van der Waals surface area contributed by atoms with Crippen molar-refractivity contribution in [1.82, 2.24) is 10.3 Å². The fraction of sp³-hybridized carbons (Fsp3) is 0.308. The van der Waals surface area contributed by atoms with E-state index in [2.05, 4.69) is 56.7 Å². The third-order valence-electron chi connectivity index (χ3n) is 2.61. The maximum absolute atomic E-state index is 4.26. The monoisotopic (exact) mass is 310 g/mol. The molecule has 0 atom stereocenters. The van der Waals surface area contributed by atoms with E-state index >= 15 is 0 Å². The zero-order valence-electron chi connectivity index (χ0n) is 9.74. The van der Waals surface area contributed by atoms with Gasteiger partial charge in [-0.3, -0.25) is 0 Å². The van der Waals surface area contributed by atoms with Crippen molar-refractivity contribution < 1.29 is 0 Å². The van der Waals surface area contributed by atoms with E-state index in [1.54, 1.807) is 11.3 Å². The molecule has 0 bridgehead atoms. The minimum Gasteiger partial charge on any atom is -0.312 e. The molecule has 0 saturated carbocycles. The van der Waals surface area contributed by atoms with E-state index in [4.69, 9.17) is 0 Å². The van der Waals surface area contributed by atoms with Crippen molar-refractivity contribution in [3.05, 3.63) is 50.4 Å². The average molecular weight is 311 g/mol. The summed E-state index contributed by atoms with van der Waals surface area (Å²) in [7, 11) is 0. The Bertz CT molecular complexity index is 468. The summed E-state index contributed by atoms with van der Waals surface area (Å²) in [5.74, 6) is 0. The van der Waals surface area contributed by atoms with Gasteiger partial charge in [-0.05, 0) is 24.1 Å². The second kappa shape index (κ2) is 6.28. The molecule has 17 heavy (non-hydrogen) atoms. The highest BCUT2D eigenvalue weighted by atomic mass is 79.9. The molecule has 1 aromatic carbocycles. The lowest BCUT2D eigenvalue weighted by atomic mass is 10.1. The van der Waals surface area contributed by atoms with E-state index in [-0.39, 0.29) is 0 Å². The molecule has 0 radical (unpaired) electrons. The second-order valence-corrected chi connectivity index (χ2v) is 5.56. The minimum absolute atomic E-state index is 0.906. The number of halogens is 1. The quantitative estimate of drug-likeness (QED) is 0.854. The van der Waals surface area contributed by atoms with E-state index in [0.29, 0.717) is 0 Å². The summed E-state index contributed by atoms with van der Waals surface area (Å²) in [6, 6.07) is 6.47. The molecule has 1 aromatic heterocycles. The number of nitrogens with one attached hydrogen (secondary N) is 1. The Morgan fingerprint density at radius 3 is 3.00 bits per heavy atom. The Kier molecular flexibility index (Phi) is 4.71. The molecule has 4 heteroatoms. The number of hydrogen-bond donors (Lipinski definition) is 1. The van der Waals surface area contributed by atoms with Crippen LogP contribution in [0.4, 0.5) is 0 Å². The molecule has 0 aliphatic heterocycles. The number of aromatic nitrogens is 1. The van der Waals surface area contributed by atoms with Crippen LogP contribution in [0.2, 0.25) is 0 Å². The molecule has 0 aliphatic carbocycles. The molecular formula is C13H15BrN2S. The fourth-order valence-corrected chi connectivity index (χ4v) is 2.58. The Labute approximate surface area is 114 Å². The smallest absolute Gasteiger partial charge is 0.0794 e. The van der Waals surface area contributed by atoms with Crippen LogP contribution in [0.15, 0.2) is 33.6 Å². The van der Waals surface area contributed by atoms with Crippen LogP contribution in [0.5, 0.6) is 0 Å². The molecule has 2 rings (SSSR count). The van der Waals surface area contributed by atoms with E-state index in [9.17, 15) is 0 Å². The van der Waals surface area contributed by atoms with Crippen LogP contribution in [-0.2, 0) is 13.0 Å². The Hall–Kier alpha value is -0.710. The molecule has 1 N–H and O–H groups in total. The van der Waals surface area contributed by atoms with Gasteiger partial charge in [0.1, 0.15) is 0 Å². The Balaban J connectivity index is 1.76. The van der Waals surface area contributed by atoms with Gasteiger partial charge in [0, 0.05) is 29.4 Å². The average Bonchev–Trinajstić information content (AvgIpc) is 2.82. The molecule has 2 nitrogen and oxygen atoms in total. The lowest BCUT2D eigenvalue weighted by Crippen LogP contribution is -2.16. The minimum atomic E-state index is 0.906. The topological polar surface area (TPSA) is 24.9 Å². The lowest BCUT2D eigenvalue weighted by Gasteiger charge is -2.05. The second-order valence-electron chi connectivity index (χ2n) is 3.99. The van der Waals surface area contributed by atoms with Crippen molar-refractivity contribution in [2.75, 3.05) is 6.54 Å². The summed E-state index contributed by atoms with van der Waals surface area (Å²) < 4.78 is 1.18.